The Bertz CT molecular complexity index is 753. The van der Waals surface area contributed by atoms with Crippen molar-refractivity contribution in [1.82, 2.24) is 9.80 Å². The molecule has 0 radical (unpaired) electrons. The molecule has 0 aromatic heterocycles. The molecule has 1 heterocycles. The number of benzene rings is 1. The number of rotatable bonds is 3. The first-order valence-corrected chi connectivity index (χ1v) is 10.2. The number of carbonyl (C=O) groups excluding carboxylic acids is 1. The zero-order chi connectivity index (χ0) is 20.6. The zero-order valence-electron chi connectivity index (χ0n) is 17.2. The van der Waals surface area contributed by atoms with E-state index in [0.29, 0.717) is 24.1 Å². The summed E-state index contributed by atoms with van der Waals surface area (Å²) in [5.74, 6) is -0.557. The summed E-state index contributed by atoms with van der Waals surface area (Å²) < 4.78 is 14.1. The minimum Gasteiger partial charge on any atom is -0.465 e. The molecule has 1 aliphatic carbocycles. The van der Waals surface area contributed by atoms with Crippen LogP contribution in [0.15, 0.2) is 18.2 Å². The molecule has 1 aromatic carbocycles. The van der Waals surface area contributed by atoms with E-state index in [1.54, 1.807) is 19.1 Å². The summed E-state index contributed by atoms with van der Waals surface area (Å²) in [7, 11) is 0. The number of carbonyl (C=O) groups is 2. The van der Waals surface area contributed by atoms with Gasteiger partial charge in [0.25, 0.3) is 5.91 Å². The lowest BCUT2D eigenvalue weighted by molar-refractivity contribution is 0.0340. The largest absolute Gasteiger partial charge is 0.465 e. The monoisotopic (exact) mass is 390 g/mol. The number of amides is 2. The molecule has 2 fully saturated rings. The molecule has 6 heteroatoms. The van der Waals surface area contributed by atoms with Crippen molar-refractivity contribution < 1.29 is 19.1 Å². The molecule has 5 nitrogen and oxygen atoms in total. The number of carboxylic acid groups (broad SMARTS) is 1. The highest BCUT2D eigenvalue weighted by molar-refractivity contribution is 5.96. The quantitative estimate of drug-likeness (QED) is 0.815. The van der Waals surface area contributed by atoms with Crippen LogP contribution in [0.5, 0.6) is 0 Å². The molecule has 1 unspecified atom stereocenters. The number of hydrogen-bond acceptors (Lipinski definition) is 2. The number of halogens is 1. The van der Waals surface area contributed by atoms with Crippen molar-refractivity contribution in [3.8, 4) is 0 Å². The molecule has 1 saturated carbocycles. The molecule has 3 rings (SSSR count). The summed E-state index contributed by atoms with van der Waals surface area (Å²) in [6.07, 6.45) is 3.63. The van der Waals surface area contributed by atoms with Crippen LogP contribution in [0.25, 0.3) is 0 Å². The van der Waals surface area contributed by atoms with Gasteiger partial charge in [0.15, 0.2) is 0 Å². The molecule has 1 aromatic rings. The predicted molar refractivity (Wildman–Crippen MR) is 106 cm³/mol. The lowest BCUT2D eigenvalue weighted by Crippen LogP contribution is -2.56. The Kier molecular flexibility index (Phi) is 5.69. The fourth-order valence-electron chi connectivity index (χ4n) is 5.07. The van der Waals surface area contributed by atoms with Gasteiger partial charge in [-0.3, -0.25) is 4.79 Å². The van der Waals surface area contributed by atoms with Gasteiger partial charge in [0.2, 0.25) is 0 Å². The summed E-state index contributed by atoms with van der Waals surface area (Å²) in [5, 5.41) is 9.72. The third kappa shape index (κ3) is 3.74. The van der Waals surface area contributed by atoms with Crippen LogP contribution in [-0.4, -0.2) is 51.6 Å². The Labute approximate surface area is 166 Å². The Morgan fingerprint density at radius 1 is 1.18 bits per heavy atom. The van der Waals surface area contributed by atoms with E-state index in [9.17, 15) is 19.1 Å². The molecule has 0 spiro atoms. The predicted octanol–water partition coefficient (Wildman–Crippen LogP) is 4.69. The molecule has 1 saturated heterocycles. The molecule has 28 heavy (non-hydrogen) atoms. The van der Waals surface area contributed by atoms with Gasteiger partial charge in [0, 0.05) is 18.2 Å². The van der Waals surface area contributed by atoms with Gasteiger partial charge in [-0.1, -0.05) is 39.7 Å². The normalized spacial score (nSPS) is 23.2. The van der Waals surface area contributed by atoms with Gasteiger partial charge in [-0.25, -0.2) is 9.18 Å². The van der Waals surface area contributed by atoms with Gasteiger partial charge in [0.1, 0.15) is 5.82 Å². The topological polar surface area (TPSA) is 60.9 Å². The van der Waals surface area contributed by atoms with Crippen LogP contribution in [0.2, 0.25) is 0 Å². The van der Waals surface area contributed by atoms with Crippen LogP contribution in [0.3, 0.4) is 0 Å². The van der Waals surface area contributed by atoms with Gasteiger partial charge >= 0.3 is 6.09 Å². The molecular weight excluding hydrogens is 359 g/mol. The zero-order valence-corrected chi connectivity index (χ0v) is 17.2. The fraction of sp³-hybridized carbons (Fsp3) is 0.636. The van der Waals surface area contributed by atoms with E-state index in [1.165, 1.54) is 11.0 Å². The number of nitrogens with zero attached hydrogens (tertiary/aromatic N) is 2. The van der Waals surface area contributed by atoms with Crippen LogP contribution >= 0.6 is 0 Å². The third-order valence-electron chi connectivity index (χ3n) is 6.31. The van der Waals surface area contributed by atoms with Crippen molar-refractivity contribution in [3.05, 3.63) is 35.1 Å². The fourth-order valence-corrected chi connectivity index (χ4v) is 5.07. The van der Waals surface area contributed by atoms with Gasteiger partial charge < -0.3 is 14.9 Å². The van der Waals surface area contributed by atoms with E-state index < -0.39 is 6.09 Å². The van der Waals surface area contributed by atoms with Crippen LogP contribution < -0.4 is 0 Å². The van der Waals surface area contributed by atoms with Crippen molar-refractivity contribution in [2.75, 3.05) is 6.54 Å². The lowest BCUT2D eigenvalue weighted by atomic mass is 9.81. The van der Waals surface area contributed by atoms with Gasteiger partial charge in [-0.2, -0.15) is 0 Å². The Morgan fingerprint density at radius 3 is 2.39 bits per heavy atom. The first-order chi connectivity index (χ1) is 13.1. The molecule has 154 valence electrons. The summed E-state index contributed by atoms with van der Waals surface area (Å²) >= 11 is 0. The number of likely N-dealkylation sites (tertiary alicyclic amines) is 1. The minimum atomic E-state index is -0.941. The average Bonchev–Trinajstić information content (AvgIpc) is 3.27. The summed E-state index contributed by atoms with van der Waals surface area (Å²) in [6, 6.07) is 4.21. The molecule has 0 bridgehead atoms. The van der Waals surface area contributed by atoms with Crippen molar-refractivity contribution in [3.63, 3.8) is 0 Å². The molecule has 1 aliphatic heterocycles. The van der Waals surface area contributed by atoms with Gasteiger partial charge in [0.05, 0.1) is 12.1 Å². The minimum absolute atomic E-state index is 0.0822. The SMILES string of the molecule is Cc1c(F)cccc1C(=O)N(C1CCCC1)[C@H]1CCN(C(=O)O)C1C(C)(C)C. The summed E-state index contributed by atoms with van der Waals surface area (Å²) in [4.78, 5) is 28.9. The standard InChI is InChI=1S/C22H31FN2O3/c1-14-16(10-7-11-17(14)23)20(26)25(15-8-5-6-9-15)18-12-13-24(21(27)28)19(18)22(2,3)4/h7,10-11,15,18-19H,5-6,8-9,12-13H2,1-4H3,(H,27,28)/t18-,19?/m0/s1. The van der Waals surface area contributed by atoms with Crippen molar-refractivity contribution in [1.29, 1.82) is 0 Å². The first kappa shape index (κ1) is 20.6. The third-order valence-corrected chi connectivity index (χ3v) is 6.31. The second-order valence-corrected chi connectivity index (χ2v) is 9.21. The maximum atomic E-state index is 14.1. The van der Waals surface area contributed by atoms with E-state index in [-0.39, 0.29) is 35.3 Å². The maximum Gasteiger partial charge on any atom is 0.407 e. The molecule has 2 amide bonds. The first-order valence-electron chi connectivity index (χ1n) is 10.2. The molecule has 2 aliphatic rings. The maximum absolute atomic E-state index is 14.1. The Morgan fingerprint density at radius 2 is 1.82 bits per heavy atom. The molecule has 2 atom stereocenters. The van der Waals surface area contributed by atoms with E-state index in [1.807, 2.05) is 25.7 Å². The van der Waals surface area contributed by atoms with Crippen LogP contribution in [0, 0.1) is 18.2 Å². The summed E-state index contributed by atoms with van der Waals surface area (Å²) in [6.45, 7) is 8.12. The lowest BCUT2D eigenvalue weighted by Gasteiger charge is -2.44. The molecule has 1 N–H and O–H groups in total. The Hall–Kier alpha value is -2.11. The van der Waals surface area contributed by atoms with Crippen molar-refractivity contribution in [2.45, 2.75) is 77.9 Å². The summed E-state index contributed by atoms with van der Waals surface area (Å²) in [5.41, 5.74) is 0.428. The van der Waals surface area contributed by atoms with Gasteiger partial charge in [-0.05, 0) is 49.3 Å². The molecular formula is C22H31FN2O3. The average molecular weight is 390 g/mol. The van der Waals surface area contributed by atoms with Crippen molar-refractivity contribution in [2.24, 2.45) is 5.41 Å². The second-order valence-electron chi connectivity index (χ2n) is 9.21. The number of hydrogen-bond donors (Lipinski definition) is 1. The van der Waals surface area contributed by atoms with E-state index >= 15 is 0 Å². The van der Waals surface area contributed by atoms with E-state index in [0.717, 1.165) is 25.7 Å². The highest BCUT2D eigenvalue weighted by Gasteiger charge is 2.49. The van der Waals surface area contributed by atoms with Crippen LogP contribution in [0.1, 0.15) is 68.8 Å². The highest BCUT2D eigenvalue weighted by Crippen LogP contribution is 2.39. The van der Waals surface area contributed by atoms with Crippen LogP contribution in [-0.2, 0) is 0 Å². The van der Waals surface area contributed by atoms with Gasteiger partial charge in [-0.15, -0.1) is 0 Å². The highest BCUT2D eigenvalue weighted by atomic mass is 19.1. The second kappa shape index (κ2) is 7.72. The van der Waals surface area contributed by atoms with E-state index in [2.05, 4.69) is 0 Å². The van der Waals surface area contributed by atoms with Crippen LogP contribution in [0.4, 0.5) is 9.18 Å². The Balaban J connectivity index is 2.04. The smallest absolute Gasteiger partial charge is 0.407 e. The van der Waals surface area contributed by atoms with E-state index in [4.69, 9.17) is 0 Å². The van der Waals surface area contributed by atoms with Crippen molar-refractivity contribution >= 4 is 12.0 Å².